The van der Waals surface area contributed by atoms with E-state index < -0.39 is 16.1 Å². The van der Waals surface area contributed by atoms with Crippen LogP contribution in [0.5, 0.6) is 5.75 Å². The molecule has 0 N–H and O–H groups in total. The third-order valence-electron chi connectivity index (χ3n) is 4.22. The average molecular weight is 405 g/mol. The summed E-state index contributed by atoms with van der Waals surface area (Å²) in [5.41, 5.74) is 0. The Bertz CT molecular complexity index is 713. The molecule has 1 atom stereocenters. The molecular formula is C17H25ClN2O5S. The molecule has 1 aliphatic rings. The summed E-state index contributed by atoms with van der Waals surface area (Å²) < 4.78 is 38.6. The van der Waals surface area contributed by atoms with E-state index in [2.05, 4.69) is 0 Å². The van der Waals surface area contributed by atoms with Crippen molar-refractivity contribution in [1.82, 2.24) is 8.61 Å². The van der Waals surface area contributed by atoms with Crippen molar-refractivity contribution in [2.24, 2.45) is 5.92 Å². The maximum absolute atomic E-state index is 12.7. The number of piperidine rings is 1. The maximum atomic E-state index is 12.7. The highest BCUT2D eigenvalue weighted by Gasteiger charge is 2.35. The molecule has 26 heavy (non-hydrogen) atoms. The van der Waals surface area contributed by atoms with Crippen molar-refractivity contribution in [2.75, 3.05) is 39.9 Å². The minimum atomic E-state index is -3.66. The summed E-state index contributed by atoms with van der Waals surface area (Å²) in [6.45, 7) is 2.93. The number of hydrogen-bond acceptors (Lipinski definition) is 5. The summed E-state index contributed by atoms with van der Waals surface area (Å²) in [4.78, 5) is 11.9. The van der Waals surface area contributed by atoms with Crippen LogP contribution in [0.3, 0.4) is 0 Å². The second-order valence-corrected chi connectivity index (χ2v) is 8.50. The predicted molar refractivity (Wildman–Crippen MR) is 99.4 cm³/mol. The Kier molecular flexibility index (Phi) is 7.69. The zero-order valence-corrected chi connectivity index (χ0v) is 16.6. The van der Waals surface area contributed by atoms with Crippen LogP contribution in [0.4, 0.5) is 0 Å². The van der Waals surface area contributed by atoms with Crippen LogP contribution in [0.1, 0.15) is 19.8 Å². The SMILES string of the molecule is CCOC(=O)[C@@H]1CCCN(S(=O)(=O)N(C)CCOc2ccccc2Cl)C1. The molecule has 0 unspecified atom stereocenters. The molecule has 1 aliphatic heterocycles. The second kappa shape index (κ2) is 9.55. The molecule has 0 spiro atoms. The Hall–Kier alpha value is -1.35. The van der Waals surface area contributed by atoms with E-state index in [1.165, 1.54) is 15.7 Å². The quantitative estimate of drug-likeness (QED) is 0.620. The van der Waals surface area contributed by atoms with Crippen LogP contribution in [-0.2, 0) is 19.7 Å². The lowest BCUT2D eigenvalue weighted by atomic mass is 10.0. The number of esters is 1. The van der Waals surface area contributed by atoms with E-state index in [1.807, 2.05) is 0 Å². The number of hydrogen-bond donors (Lipinski definition) is 0. The van der Waals surface area contributed by atoms with Crippen LogP contribution in [0.15, 0.2) is 24.3 Å². The molecule has 7 nitrogen and oxygen atoms in total. The highest BCUT2D eigenvalue weighted by molar-refractivity contribution is 7.86. The summed E-state index contributed by atoms with van der Waals surface area (Å²) >= 11 is 6.01. The van der Waals surface area contributed by atoms with Gasteiger partial charge in [-0.2, -0.15) is 17.0 Å². The first kappa shape index (κ1) is 21.0. The highest BCUT2D eigenvalue weighted by Crippen LogP contribution is 2.24. The molecule has 146 valence electrons. The monoisotopic (exact) mass is 404 g/mol. The first-order valence-electron chi connectivity index (χ1n) is 8.61. The van der Waals surface area contributed by atoms with E-state index in [9.17, 15) is 13.2 Å². The summed E-state index contributed by atoms with van der Waals surface area (Å²) in [6, 6.07) is 7.03. The zero-order valence-electron chi connectivity index (χ0n) is 15.1. The lowest BCUT2D eigenvalue weighted by molar-refractivity contribution is -0.149. The zero-order chi connectivity index (χ0) is 19.2. The first-order chi connectivity index (χ1) is 12.4. The van der Waals surface area contributed by atoms with E-state index in [-0.39, 0.29) is 25.7 Å². The fourth-order valence-electron chi connectivity index (χ4n) is 2.76. The molecule has 0 bridgehead atoms. The third-order valence-corrected chi connectivity index (χ3v) is 6.49. The van der Waals surface area contributed by atoms with Crippen molar-refractivity contribution < 1.29 is 22.7 Å². The number of likely N-dealkylation sites (N-methyl/N-ethyl adjacent to an activating group) is 1. The van der Waals surface area contributed by atoms with Crippen molar-refractivity contribution in [1.29, 1.82) is 0 Å². The Morgan fingerprint density at radius 3 is 2.81 bits per heavy atom. The summed E-state index contributed by atoms with van der Waals surface area (Å²) in [5, 5.41) is 0.478. The Morgan fingerprint density at radius 1 is 1.38 bits per heavy atom. The fraction of sp³-hybridized carbons (Fsp3) is 0.588. The van der Waals surface area contributed by atoms with Gasteiger partial charge in [0.2, 0.25) is 0 Å². The van der Waals surface area contributed by atoms with Crippen molar-refractivity contribution >= 4 is 27.8 Å². The van der Waals surface area contributed by atoms with Crippen LogP contribution in [-0.4, -0.2) is 62.9 Å². The van der Waals surface area contributed by atoms with Crippen LogP contribution in [0.2, 0.25) is 5.02 Å². The number of nitrogens with zero attached hydrogens (tertiary/aromatic N) is 2. The van der Waals surface area contributed by atoms with Gasteiger partial charge in [-0.3, -0.25) is 4.79 Å². The highest BCUT2D eigenvalue weighted by atomic mass is 35.5. The van der Waals surface area contributed by atoms with Crippen molar-refractivity contribution in [3.63, 3.8) is 0 Å². The van der Waals surface area contributed by atoms with Crippen molar-refractivity contribution in [3.05, 3.63) is 29.3 Å². The minimum Gasteiger partial charge on any atom is -0.491 e. The second-order valence-electron chi connectivity index (χ2n) is 6.06. The van der Waals surface area contributed by atoms with Gasteiger partial charge in [-0.15, -0.1) is 0 Å². The molecule has 1 fully saturated rings. The van der Waals surface area contributed by atoms with Gasteiger partial charge in [0.05, 0.1) is 17.5 Å². The molecule has 1 aromatic rings. The van der Waals surface area contributed by atoms with Gasteiger partial charge in [0.25, 0.3) is 10.2 Å². The standard InChI is InChI=1S/C17H25ClN2O5S/c1-3-24-17(21)14-7-6-10-20(13-14)26(22,23)19(2)11-12-25-16-9-5-4-8-15(16)18/h4-5,8-9,14H,3,6-7,10-13H2,1-2H3/t14-/m1/s1. The summed E-state index contributed by atoms with van der Waals surface area (Å²) in [6.07, 6.45) is 1.27. The lowest BCUT2D eigenvalue weighted by Crippen LogP contribution is -2.49. The first-order valence-corrected chi connectivity index (χ1v) is 10.4. The van der Waals surface area contributed by atoms with E-state index >= 15 is 0 Å². The number of para-hydroxylation sites is 1. The van der Waals surface area contributed by atoms with Crippen molar-refractivity contribution in [3.8, 4) is 5.75 Å². The normalized spacial score (nSPS) is 18.7. The van der Waals surface area contributed by atoms with Gasteiger partial charge in [-0.05, 0) is 31.9 Å². The van der Waals surface area contributed by atoms with Crippen LogP contribution < -0.4 is 4.74 Å². The minimum absolute atomic E-state index is 0.150. The van der Waals surface area contributed by atoms with Gasteiger partial charge in [-0.25, -0.2) is 0 Å². The van der Waals surface area contributed by atoms with Crippen LogP contribution in [0, 0.1) is 5.92 Å². The largest absolute Gasteiger partial charge is 0.491 e. The lowest BCUT2D eigenvalue weighted by Gasteiger charge is -2.33. The Morgan fingerprint density at radius 2 is 2.12 bits per heavy atom. The number of ether oxygens (including phenoxy) is 2. The van der Waals surface area contributed by atoms with Gasteiger partial charge in [-0.1, -0.05) is 23.7 Å². The smallest absolute Gasteiger partial charge is 0.310 e. The predicted octanol–water partition coefficient (Wildman–Crippen LogP) is 2.17. The summed E-state index contributed by atoms with van der Waals surface area (Å²) in [5.74, 6) is -0.233. The van der Waals surface area contributed by atoms with E-state index in [4.69, 9.17) is 21.1 Å². The van der Waals surface area contributed by atoms with Gasteiger partial charge < -0.3 is 9.47 Å². The molecule has 0 aromatic heterocycles. The average Bonchev–Trinajstić information content (AvgIpc) is 2.63. The molecule has 0 radical (unpaired) electrons. The van der Waals surface area contributed by atoms with E-state index in [0.29, 0.717) is 36.8 Å². The molecule has 0 aliphatic carbocycles. The molecule has 2 rings (SSSR count). The van der Waals surface area contributed by atoms with Gasteiger partial charge in [0, 0.05) is 26.7 Å². The van der Waals surface area contributed by atoms with Gasteiger partial charge >= 0.3 is 5.97 Å². The Balaban J connectivity index is 1.91. The third kappa shape index (κ3) is 5.33. The molecule has 9 heteroatoms. The molecular weight excluding hydrogens is 380 g/mol. The molecule has 1 aromatic carbocycles. The molecule has 1 heterocycles. The van der Waals surface area contributed by atoms with Crippen molar-refractivity contribution in [2.45, 2.75) is 19.8 Å². The van der Waals surface area contributed by atoms with Gasteiger partial charge in [0.15, 0.2) is 0 Å². The maximum Gasteiger partial charge on any atom is 0.310 e. The van der Waals surface area contributed by atoms with E-state index in [1.54, 1.807) is 31.2 Å². The molecule has 0 saturated carbocycles. The number of carbonyl (C=O) groups excluding carboxylic acids is 1. The number of halogens is 1. The molecule has 1 saturated heterocycles. The topological polar surface area (TPSA) is 76.2 Å². The molecule has 0 amide bonds. The number of carbonyl (C=O) groups is 1. The van der Waals surface area contributed by atoms with Gasteiger partial charge in [0.1, 0.15) is 12.4 Å². The van der Waals surface area contributed by atoms with E-state index in [0.717, 1.165) is 0 Å². The Labute approximate surface area is 160 Å². The van der Waals surface area contributed by atoms with Crippen LogP contribution in [0.25, 0.3) is 0 Å². The number of benzene rings is 1. The fourth-order valence-corrected chi connectivity index (χ4v) is 4.38. The summed E-state index contributed by atoms with van der Waals surface area (Å²) in [7, 11) is -2.16. The number of rotatable bonds is 8. The van der Waals surface area contributed by atoms with Crippen LogP contribution >= 0.6 is 11.6 Å².